The van der Waals surface area contributed by atoms with Gasteiger partial charge in [0.15, 0.2) is 5.69 Å². The minimum absolute atomic E-state index is 0.101. The van der Waals surface area contributed by atoms with Gasteiger partial charge in [0.25, 0.3) is 5.91 Å². The summed E-state index contributed by atoms with van der Waals surface area (Å²) in [7, 11) is 0. The Labute approximate surface area is 111 Å². The highest BCUT2D eigenvalue weighted by Crippen LogP contribution is 2.09. The molecule has 0 aromatic carbocycles. The summed E-state index contributed by atoms with van der Waals surface area (Å²) in [6, 6.07) is -0.394. The number of carbonyl (C=O) groups excluding carboxylic acids is 1. The van der Waals surface area contributed by atoms with Gasteiger partial charge in [0.1, 0.15) is 0 Å². The van der Waals surface area contributed by atoms with E-state index in [0.717, 1.165) is 0 Å². The van der Waals surface area contributed by atoms with E-state index in [-0.39, 0.29) is 18.0 Å². The summed E-state index contributed by atoms with van der Waals surface area (Å²) in [5.74, 6) is -1.26. The summed E-state index contributed by atoms with van der Waals surface area (Å²) < 4.78 is 1.49. The fourth-order valence-electron chi connectivity index (χ4n) is 1.80. The lowest BCUT2D eigenvalue weighted by Gasteiger charge is -2.25. The van der Waals surface area contributed by atoms with Crippen LogP contribution in [0.1, 0.15) is 30.8 Å². The van der Waals surface area contributed by atoms with Crippen LogP contribution in [0.25, 0.3) is 0 Å². The van der Waals surface area contributed by atoms with Gasteiger partial charge in [-0.25, -0.2) is 0 Å². The van der Waals surface area contributed by atoms with Crippen molar-refractivity contribution in [2.75, 3.05) is 13.1 Å². The third-order valence-corrected chi connectivity index (χ3v) is 2.72. The molecule has 0 spiro atoms. The van der Waals surface area contributed by atoms with Gasteiger partial charge < -0.3 is 15.7 Å². The first-order valence-electron chi connectivity index (χ1n) is 6.12. The van der Waals surface area contributed by atoms with Crippen molar-refractivity contribution in [3.05, 3.63) is 11.9 Å². The van der Waals surface area contributed by atoms with Crippen LogP contribution >= 0.6 is 0 Å². The fourth-order valence-corrected chi connectivity index (χ4v) is 1.80. The van der Waals surface area contributed by atoms with Crippen LogP contribution in [0.4, 0.5) is 0 Å². The van der Waals surface area contributed by atoms with E-state index in [4.69, 9.17) is 10.8 Å². The Hall–Kier alpha value is -1.96. The zero-order valence-electron chi connectivity index (χ0n) is 11.1. The molecule has 1 atom stereocenters. The predicted molar refractivity (Wildman–Crippen MR) is 67.5 cm³/mol. The lowest BCUT2D eigenvalue weighted by atomic mass is 10.2. The number of aliphatic carboxylic acids is 1. The smallest absolute Gasteiger partial charge is 0.305 e. The van der Waals surface area contributed by atoms with Gasteiger partial charge in [0.05, 0.1) is 19.2 Å². The molecule has 1 aromatic heterocycles. The normalized spacial score (nSPS) is 12.2. The number of nitrogens with zero attached hydrogens (tertiary/aromatic N) is 4. The molecule has 1 rings (SSSR count). The molecular formula is C11H19N5O3. The maximum atomic E-state index is 12.2. The Morgan fingerprint density at radius 3 is 2.79 bits per heavy atom. The van der Waals surface area contributed by atoms with E-state index in [2.05, 4.69) is 10.3 Å². The highest BCUT2D eigenvalue weighted by Gasteiger charge is 2.24. The number of nitrogens with two attached hydrogens (primary N) is 1. The second-order valence-electron chi connectivity index (χ2n) is 4.19. The summed E-state index contributed by atoms with van der Waals surface area (Å²) >= 11 is 0. The first-order valence-corrected chi connectivity index (χ1v) is 6.12. The first-order chi connectivity index (χ1) is 8.99. The second kappa shape index (κ2) is 6.83. The van der Waals surface area contributed by atoms with E-state index in [0.29, 0.717) is 19.6 Å². The molecule has 0 bridgehead atoms. The molecule has 8 heteroatoms. The van der Waals surface area contributed by atoms with Crippen molar-refractivity contribution in [3.8, 4) is 0 Å². The van der Waals surface area contributed by atoms with Gasteiger partial charge in [-0.05, 0) is 13.8 Å². The molecule has 0 aliphatic rings. The van der Waals surface area contributed by atoms with Crippen molar-refractivity contribution in [1.82, 2.24) is 19.9 Å². The van der Waals surface area contributed by atoms with Crippen LogP contribution in [-0.4, -0.2) is 56.0 Å². The third kappa shape index (κ3) is 4.02. The minimum Gasteiger partial charge on any atom is -0.481 e. The van der Waals surface area contributed by atoms with E-state index in [1.54, 1.807) is 13.8 Å². The SMILES string of the molecule is CCN(C(=O)c1cn(CCN)nn1)C(C)CC(=O)O. The number of hydrogen-bond donors (Lipinski definition) is 2. The number of aromatic nitrogens is 3. The average Bonchev–Trinajstić information content (AvgIpc) is 2.78. The van der Waals surface area contributed by atoms with E-state index in [9.17, 15) is 9.59 Å². The molecule has 8 nitrogen and oxygen atoms in total. The molecule has 106 valence electrons. The molecule has 19 heavy (non-hydrogen) atoms. The average molecular weight is 269 g/mol. The Balaban J connectivity index is 2.79. The van der Waals surface area contributed by atoms with Crippen molar-refractivity contribution in [3.63, 3.8) is 0 Å². The van der Waals surface area contributed by atoms with E-state index in [1.807, 2.05) is 0 Å². The zero-order chi connectivity index (χ0) is 14.4. The van der Waals surface area contributed by atoms with Gasteiger partial charge in [0.2, 0.25) is 0 Å². The van der Waals surface area contributed by atoms with Crippen LogP contribution in [0.3, 0.4) is 0 Å². The molecule has 3 N–H and O–H groups in total. The van der Waals surface area contributed by atoms with Crippen molar-refractivity contribution >= 4 is 11.9 Å². The van der Waals surface area contributed by atoms with Gasteiger partial charge in [-0.15, -0.1) is 5.10 Å². The topological polar surface area (TPSA) is 114 Å². The summed E-state index contributed by atoms with van der Waals surface area (Å²) in [6.45, 7) is 4.79. The van der Waals surface area contributed by atoms with Crippen LogP contribution in [0.5, 0.6) is 0 Å². The summed E-state index contributed by atoms with van der Waals surface area (Å²) in [5, 5.41) is 16.3. The Morgan fingerprint density at radius 1 is 1.58 bits per heavy atom. The highest BCUT2D eigenvalue weighted by atomic mass is 16.4. The van der Waals surface area contributed by atoms with Crippen molar-refractivity contribution in [2.45, 2.75) is 32.9 Å². The largest absolute Gasteiger partial charge is 0.481 e. The number of carboxylic acid groups (broad SMARTS) is 1. The van der Waals surface area contributed by atoms with Crippen LogP contribution in [0, 0.1) is 0 Å². The van der Waals surface area contributed by atoms with E-state index < -0.39 is 12.0 Å². The molecule has 0 radical (unpaired) electrons. The highest BCUT2D eigenvalue weighted by molar-refractivity contribution is 5.92. The second-order valence-corrected chi connectivity index (χ2v) is 4.19. The number of carbonyl (C=O) groups is 2. The van der Waals surface area contributed by atoms with Crippen molar-refractivity contribution < 1.29 is 14.7 Å². The van der Waals surface area contributed by atoms with Crippen LogP contribution in [-0.2, 0) is 11.3 Å². The maximum Gasteiger partial charge on any atom is 0.305 e. The predicted octanol–water partition coefficient (Wildman–Crippen LogP) is -0.438. The van der Waals surface area contributed by atoms with Crippen molar-refractivity contribution in [2.24, 2.45) is 5.73 Å². The van der Waals surface area contributed by atoms with Crippen LogP contribution < -0.4 is 5.73 Å². The number of hydrogen-bond acceptors (Lipinski definition) is 5. The molecule has 0 aliphatic carbocycles. The maximum absolute atomic E-state index is 12.2. The standard InChI is InChI=1S/C11H19N5O3/c1-3-16(8(2)6-10(17)18)11(19)9-7-15(5-4-12)14-13-9/h7-8H,3-6,12H2,1-2H3,(H,17,18). The molecule has 0 saturated carbocycles. The lowest BCUT2D eigenvalue weighted by molar-refractivity contribution is -0.138. The molecule has 0 aliphatic heterocycles. The molecule has 0 fully saturated rings. The van der Waals surface area contributed by atoms with Gasteiger partial charge >= 0.3 is 5.97 Å². The number of rotatable bonds is 7. The zero-order valence-corrected chi connectivity index (χ0v) is 11.1. The molecule has 1 unspecified atom stereocenters. The van der Waals surface area contributed by atoms with Crippen LogP contribution in [0.2, 0.25) is 0 Å². The van der Waals surface area contributed by atoms with Gasteiger partial charge in [-0.1, -0.05) is 5.21 Å². The van der Waals surface area contributed by atoms with Gasteiger partial charge in [-0.2, -0.15) is 0 Å². The summed E-state index contributed by atoms with van der Waals surface area (Å²) in [5.41, 5.74) is 5.59. The van der Waals surface area contributed by atoms with E-state index >= 15 is 0 Å². The minimum atomic E-state index is -0.939. The molecular weight excluding hydrogens is 250 g/mol. The third-order valence-electron chi connectivity index (χ3n) is 2.72. The quantitative estimate of drug-likeness (QED) is 0.693. The molecule has 0 saturated heterocycles. The fraction of sp³-hybridized carbons (Fsp3) is 0.636. The van der Waals surface area contributed by atoms with E-state index in [1.165, 1.54) is 15.8 Å². The summed E-state index contributed by atoms with van der Waals surface area (Å²) in [4.78, 5) is 24.4. The lowest BCUT2D eigenvalue weighted by Crippen LogP contribution is -2.39. The van der Waals surface area contributed by atoms with Gasteiger partial charge in [-0.3, -0.25) is 14.3 Å². The Bertz CT molecular complexity index is 445. The van der Waals surface area contributed by atoms with Gasteiger partial charge in [0, 0.05) is 19.1 Å². The molecule has 1 aromatic rings. The molecule has 1 amide bonds. The first kappa shape index (κ1) is 15.1. The monoisotopic (exact) mass is 269 g/mol. The van der Waals surface area contributed by atoms with Crippen molar-refractivity contribution in [1.29, 1.82) is 0 Å². The summed E-state index contributed by atoms with van der Waals surface area (Å²) in [6.07, 6.45) is 1.42. The van der Waals surface area contributed by atoms with Crippen LogP contribution in [0.15, 0.2) is 6.20 Å². The number of amides is 1. The number of carboxylic acids is 1. The molecule has 1 heterocycles. The Morgan fingerprint density at radius 2 is 2.26 bits per heavy atom. The Kier molecular flexibility index (Phi) is 5.43.